The van der Waals surface area contributed by atoms with Crippen molar-refractivity contribution < 1.29 is 9.53 Å². The first-order valence-corrected chi connectivity index (χ1v) is 9.17. The Morgan fingerprint density at radius 2 is 1.88 bits per heavy atom. The zero-order chi connectivity index (χ0) is 18.1. The van der Waals surface area contributed by atoms with Crippen molar-refractivity contribution in [2.45, 2.75) is 13.0 Å². The average Bonchev–Trinajstić information content (AvgIpc) is 2.58. The van der Waals surface area contributed by atoms with Crippen LogP contribution in [-0.2, 0) is 17.8 Å². The quantitative estimate of drug-likeness (QED) is 0.810. The van der Waals surface area contributed by atoms with Crippen molar-refractivity contribution in [3.63, 3.8) is 0 Å². The molecule has 1 spiro atoms. The second kappa shape index (κ2) is 6.89. The summed E-state index contributed by atoms with van der Waals surface area (Å²) < 4.78 is 5.18. The van der Waals surface area contributed by atoms with Gasteiger partial charge >= 0.3 is 0 Å². The standard InChI is InChI=1S/C20H22ClN3O2/c1-26-18-8-16(6-7-22-18)10-23-11-20(12-23)13-24(14-20)19(25)9-15-2-4-17(21)5-3-15/h2-8H,9-14H2,1H3. The third-order valence-corrected chi connectivity index (χ3v) is 5.46. The highest BCUT2D eigenvalue weighted by atomic mass is 35.5. The van der Waals surface area contributed by atoms with E-state index >= 15 is 0 Å². The highest BCUT2D eigenvalue weighted by molar-refractivity contribution is 6.30. The summed E-state index contributed by atoms with van der Waals surface area (Å²) in [7, 11) is 1.63. The molecule has 6 heteroatoms. The molecule has 1 aromatic heterocycles. The largest absolute Gasteiger partial charge is 0.481 e. The van der Waals surface area contributed by atoms with Gasteiger partial charge in [0.2, 0.25) is 11.8 Å². The molecule has 0 atom stereocenters. The smallest absolute Gasteiger partial charge is 0.227 e. The van der Waals surface area contributed by atoms with E-state index < -0.39 is 0 Å². The number of amides is 1. The summed E-state index contributed by atoms with van der Waals surface area (Å²) in [4.78, 5) is 20.9. The molecule has 2 aliphatic rings. The number of hydrogen-bond donors (Lipinski definition) is 0. The topological polar surface area (TPSA) is 45.7 Å². The Bertz CT molecular complexity index is 795. The zero-order valence-corrected chi connectivity index (χ0v) is 15.6. The molecule has 136 valence electrons. The fraction of sp³-hybridized carbons (Fsp3) is 0.400. The van der Waals surface area contributed by atoms with Gasteiger partial charge in [-0.2, -0.15) is 0 Å². The zero-order valence-electron chi connectivity index (χ0n) is 14.8. The summed E-state index contributed by atoms with van der Waals surface area (Å²) in [5, 5.41) is 0.700. The summed E-state index contributed by atoms with van der Waals surface area (Å²) in [6.45, 7) is 4.73. The molecule has 4 rings (SSSR count). The molecule has 1 aromatic carbocycles. The maximum Gasteiger partial charge on any atom is 0.227 e. The monoisotopic (exact) mass is 371 g/mol. The van der Waals surface area contributed by atoms with Crippen LogP contribution in [0.2, 0.25) is 5.02 Å². The van der Waals surface area contributed by atoms with Gasteiger partial charge in [-0.25, -0.2) is 4.98 Å². The van der Waals surface area contributed by atoms with E-state index in [0.29, 0.717) is 22.7 Å². The fourth-order valence-electron chi connectivity index (χ4n) is 3.96. The van der Waals surface area contributed by atoms with Crippen LogP contribution in [-0.4, -0.2) is 54.0 Å². The number of rotatable bonds is 5. The Kier molecular flexibility index (Phi) is 4.59. The lowest BCUT2D eigenvalue weighted by Gasteiger charge is -2.60. The fourth-order valence-corrected chi connectivity index (χ4v) is 4.09. The molecule has 0 saturated carbocycles. The van der Waals surface area contributed by atoms with Crippen LogP contribution in [0.25, 0.3) is 0 Å². The highest BCUT2D eigenvalue weighted by Crippen LogP contribution is 2.40. The van der Waals surface area contributed by atoms with Gasteiger partial charge in [0.1, 0.15) is 0 Å². The number of aromatic nitrogens is 1. The van der Waals surface area contributed by atoms with Gasteiger partial charge in [0.25, 0.3) is 0 Å². The van der Waals surface area contributed by atoms with Gasteiger partial charge in [-0.3, -0.25) is 9.69 Å². The minimum atomic E-state index is 0.204. The molecule has 3 heterocycles. The predicted molar refractivity (Wildman–Crippen MR) is 100 cm³/mol. The van der Waals surface area contributed by atoms with E-state index in [1.165, 1.54) is 5.56 Å². The number of carbonyl (C=O) groups is 1. The number of halogens is 1. The molecule has 0 bridgehead atoms. The van der Waals surface area contributed by atoms with E-state index in [4.69, 9.17) is 16.3 Å². The number of likely N-dealkylation sites (tertiary alicyclic amines) is 2. The summed E-state index contributed by atoms with van der Waals surface area (Å²) in [5.74, 6) is 0.857. The van der Waals surface area contributed by atoms with Gasteiger partial charge in [0, 0.05) is 55.4 Å². The van der Waals surface area contributed by atoms with Crippen molar-refractivity contribution in [2.24, 2.45) is 5.41 Å². The molecule has 0 aliphatic carbocycles. The summed E-state index contributed by atoms with van der Waals surface area (Å²) in [5.41, 5.74) is 2.52. The van der Waals surface area contributed by atoms with Crippen molar-refractivity contribution in [1.82, 2.24) is 14.8 Å². The first-order valence-electron chi connectivity index (χ1n) is 8.79. The molecule has 2 aliphatic heterocycles. The molecule has 1 amide bonds. The van der Waals surface area contributed by atoms with E-state index in [-0.39, 0.29) is 5.91 Å². The van der Waals surface area contributed by atoms with Crippen LogP contribution >= 0.6 is 11.6 Å². The first-order chi connectivity index (χ1) is 12.5. The lowest BCUT2D eigenvalue weighted by Crippen LogP contribution is -2.72. The third-order valence-electron chi connectivity index (χ3n) is 5.21. The van der Waals surface area contributed by atoms with Crippen molar-refractivity contribution >= 4 is 17.5 Å². The van der Waals surface area contributed by atoms with Crippen molar-refractivity contribution in [2.75, 3.05) is 33.3 Å². The van der Waals surface area contributed by atoms with Gasteiger partial charge in [-0.05, 0) is 29.3 Å². The predicted octanol–water partition coefficient (Wildman–Crippen LogP) is 2.63. The Labute approximate surface area is 158 Å². The maximum absolute atomic E-state index is 12.4. The van der Waals surface area contributed by atoms with E-state index in [2.05, 4.69) is 9.88 Å². The van der Waals surface area contributed by atoms with Gasteiger partial charge in [0.05, 0.1) is 13.5 Å². The minimum Gasteiger partial charge on any atom is -0.481 e. The second-order valence-corrected chi connectivity index (χ2v) is 7.84. The molecule has 2 aromatic rings. The van der Waals surface area contributed by atoms with E-state index in [1.54, 1.807) is 13.3 Å². The lowest BCUT2D eigenvalue weighted by atomic mass is 9.72. The molecule has 0 radical (unpaired) electrons. The van der Waals surface area contributed by atoms with Crippen LogP contribution < -0.4 is 4.74 Å². The van der Waals surface area contributed by atoms with E-state index in [1.807, 2.05) is 41.3 Å². The van der Waals surface area contributed by atoms with Crippen LogP contribution in [0.5, 0.6) is 5.88 Å². The molecular weight excluding hydrogens is 350 g/mol. The molecule has 26 heavy (non-hydrogen) atoms. The van der Waals surface area contributed by atoms with Crippen LogP contribution in [0.15, 0.2) is 42.6 Å². The minimum absolute atomic E-state index is 0.204. The molecule has 5 nitrogen and oxygen atoms in total. The Morgan fingerprint density at radius 3 is 2.58 bits per heavy atom. The average molecular weight is 372 g/mol. The summed E-state index contributed by atoms with van der Waals surface area (Å²) >= 11 is 5.89. The number of benzene rings is 1. The molecule has 0 N–H and O–H groups in total. The molecule has 0 unspecified atom stereocenters. The molecule has 2 saturated heterocycles. The van der Waals surface area contributed by atoms with Crippen molar-refractivity contribution in [1.29, 1.82) is 0 Å². The van der Waals surface area contributed by atoms with Gasteiger partial charge in [-0.15, -0.1) is 0 Å². The maximum atomic E-state index is 12.4. The lowest BCUT2D eigenvalue weighted by molar-refractivity contribution is -0.159. The number of nitrogens with zero attached hydrogens (tertiary/aromatic N) is 3. The van der Waals surface area contributed by atoms with Crippen molar-refractivity contribution in [3.05, 3.63) is 58.7 Å². The normalized spacial score (nSPS) is 18.3. The van der Waals surface area contributed by atoms with Gasteiger partial charge < -0.3 is 9.64 Å². The van der Waals surface area contributed by atoms with Crippen LogP contribution in [0.3, 0.4) is 0 Å². The van der Waals surface area contributed by atoms with Gasteiger partial charge in [-0.1, -0.05) is 23.7 Å². The van der Waals surface area contributed by atoms with Gasteiger partial charge in [0.15, 0.2) is 0 Å². The summed E-state index contributed by atoms with van der Waals surface area (Å²) in [6, 6.07) is 11.5. The van der Waals surface area contributed by atoms with Crippen LogP contribution in [0, 0.1) is 5.41 Å². The van der Waals surface area contributed by atoms with E-state index in [0.717, 1.165) is 38.3 Å². The Morgan fingerprint density at radius 1 is 1.15 bits per heavy atom. The third kappa shape index (κ3) is 3.55. The SMILES string of the molecule is COc1cc(CN2CC3(C2)CN(C(=O)Cc2ccc(Cl)cc2)C3)ccn1. The second-order valence-electron chi connectivity index (χ2n) is 7.40. The summed E-state index contributed by atoms with van der Waals surface area (Å²) in [6.07, 6.45) is 2.23. The number of carbonyl (C=O) groups excluding carboxylic acids is 1. The van der Waals surface area contributed by atoms with E-state index in [9.17, 15) is 4.79 Å². The Balaban J connectivity index is 1.24. The highest BCUT2D eigenvalue weighted by Gasteiger charge is 2.52. The number of methoxy groups -OCH3 is 1. The number of ether oxygens (including phenoxy) is 1. The molecular formula is C20H22ClN3O2. The first kappa shape index (κ1) is 17.3. The number of hydrogen-bond acceptors (Lipinski definition) is 4. The van der Waals surface area contributed by atoms with Crippen molar-refractivity contribution in [3.8, 4) is 5.88 Å². The van der Waals surface area contributed by atoms with Crippen LogP contribution in [0.1, 0.15) is 11.1 Å². The number of pyridine rings is 1. The Hall–Kier alpha value is -2.11. The molecule has 2 fully saturated rings. The van der Waals surface area contributed by atoms with Crippen LogP contribution in [0.4, 0.5) is 0 Å².